The number of fused-ring (bicyclic) bond motifs is 5. The minimum atomic E-state index is -0.351. The van der Waals surface area contributed by atoms with Crippen LogP contribution in [0.5, 0.6) is 0 Å². The SMILES string of the molecule is C[C@H]1CCc2c(sc3ncn4c(SCC(=O)c5ccc(F)cc5)nnc4c23)C1. The Labute approximate surface area is 169 Å². The highest BCUT2D eigenvalue weighted by atomic mass is 32.2. The fraction of sp³-hybridized carbons (Fsp3) is 0.300. The number of Topliss-reactive ketones (excluding diaryl/α,β-unsaturated/α-hetero) is 1. The molecule has 0 aliphatic heterocycles. The Morgan fingerprint density at radius 2 is 2.14 bits per heavy atom. The molecule has 0 saturated heterocycles. The third-order valence-corrected chi connectivity index (χ3v) is 7.28. The number of aromatic nitrogens is 4. The van der Waals surface area contributed by atoms with Crippen LogP contribution in [0.1, 0.15) is 34.1 Å². The Bertz CT molecular complexity index is 1200. The Morgan fingerprint density at radius 1 is 1.32 bits per heavy atom. The Balaban J connectivity index is 1.45. The van der Waals surface area contributed by atoms with Crippen LogP contribution in [0.15, 0.2) is 35.7 Å². The highest BCUT2D eigenvalue weighted by Gasteiger charge is 2.24. The number of nitrogens with zero attached hydrogens (tertiary/aromatic N) is 4. The van der Waals surface area contributed by atoms with E-state index in [-0.39, 0.29) is 17.4 Å². The van der Waals surface area contributed by atoms with Gasteiger partial charge in [-0.25, -0.2) is 9.37 Å². The number of aryl methyl sites for hydroxylation is 1. The molecule has 0 radical (unpaired) electrons. The molecule has 0 N–H and O–H groups in total. The van der Waals surface area contributed by atoms with Crippen molar-refractivity contribution in [3.05, 3.63) is 52.4 Å². The molecule has 1 aliphatic rings. The fourth-order valence-corrected chi connectivity index (χ4v) is 5.81. The lowest BCUT2D eigenvalue weighted by Crippen LogP contribution is -2.08. The molecule has 0 unspecified atom stereocenters. The summed E-state index contributed by atoms with van der Waals surface area (Å²) >= 11 is 3.08. The lowest BCUT2D eigenvalue weighted by Gasteiger charge is -2.17. The van der Waals surface area contributed by atoms with Gasteiger partial charge in [-0.3, -0.25) is 9.20 Å². The van der Waals surface area contributed by atoms with Gasteiger partial charge in [-0.2, -0.15) is 0 Å². The molecule has 1 aromatic carbocycles. The molecule has 0 amide bonds. The second kappa shape index (κ2) is 6.93. The molecule has 1 atom stereocenters. The van der Waals surface area contributed by atoms with E-state index < -0.39 is 0 Å². The van der Waals surface area contributed by atoms with E-state index in [1.165, 1.54) is 52.9 Å². The molecule has 0 saturated carbocycles. The maximum absolute atomic E-state index is 13.0. The van der Waals surface area contributed by atoms with Gasteiger partial charge in [0.1, 0.15) is 17.0 Å². The van der Waals surface area contributed by atoms with Crippen molar-refractivity contribution in [1.82, 2.24) is 19.6 Å². The number of halogens is 1. The van der Waals surface area contributed by atoms with E-state index >= 15 is 0 Å². The molecule has 142 valence electrons. The largest absolute Gasteiger partial charge is 0.293 e. The number of hydrogen-bond donors (Lipinski definition) is 0. The number of carbonyl (C=O) groups is 1. The van der Waals surface area contributed by atoms with Crippen molar-refractivity contribution in [1.29, 1.82) is 0 Å². The third-order valence-electron chi connectivity index (χ3n) is 5.17. The van der Waals surface area contributed by atoms with Crippen molar-refractivity contribution in [2.75, 3.05) is 5.75 Å². The summed E-state index contributed by atoms with van der Waals surface area (Å²) < 4.78 is 14.9. The Morgan fingerprint density at radius 3 is 2.96 bits per heavy atom. The molecule has 3 heterocycles. The van der Waals surface area contributed by atoms with Gasteiger partial charge in [-0.1, -0.05) is 18.7 Å². The standard InChI is InChI=1S/C20H17FN4OS2/c1-11-2-7-14-16(8-11)28-19-17(14)18-23-24-20(25(18)10-22-19)27-9-15(26)12-3-5-13(21)6-4-12/h3-6,10-11H,2,7-9H2,1H3/t11-/m0/s1. The van der Waals surface area contributed by atoms with Crippen molar-refractivity contribution in [3.8, 4) is 0 Å². The maximum Gasteiger partial charge on any atom is 0.197 e. The first-order valence-electron chi connectivity index (χ1n) is 9.15. The van der Waals surface area contributed by atoms with E-state index in [1.54, 1.807) is 17.7 Å². The number of ketones is 1. The summed E-state index contributed by atoms with van der Waals surface area (Å²) in [6.45, 7) is 2.29. The quantitative estimate of drug-likeness (QED) is 0.363. The summed E-state index contributed by atoms with van der Waals surface area (Å²) in [5.41, 5.74) is 2.67. The molecule has 0 bridgehead atoms. The topological polar surface area (TPSA) is 60.2 Å². The average Bonchev–Trinajstić information content (AvgIpc) is 3.26. The minimum Gasteiger partial charge on any atom is -0.293 e. The zero-order valence-electron chi connectivity index (χ0n) is 15.2. The van der Waals surface area contributed by atoms with Crippen LogP contribution in [0.25, 0.3) is 15.9 Å². The molecular weight excluding hydrogens is 395 g/mol. The highest BCUT2D eigenvalue weighted by molar-refractivity contribution is 7.99. The number of rotatable bonds is 4. The lowest BCUT2D eigenvalue weighted by atomic mass is 9.89. The minimum absolute atomic E-state index is 0.0716. The Kier molecular flexibility index (Phi) is 4.40. The molecule has 28 heavy (non-hydrogen) atoms. The number of benzene rings is 1. The smallest absolute Gasteiger partial charge is 0.197 e. The van der Waals surface area contributed by atoms with Crippen LogP contribution in [-0.4, -0.2) is 31.1 Å². The molecule has 5 nitrogen and oxygen atoms in total. The molecule has 8 heteroatoms. The number of carbonyl (C=O) groups excluding carboxylic acids is 1. The third kappa shape index (κ3) is 3.00. The van der Waals surface area contributed by atoms with Crippen LogP contribution >= 0.6 is 23.1 Å². The first kappa shape index (κ1) is 17.8. The summed E-state index contributed by atoms with van der Waals surface area (Å²) in [6.07, 6.45) is 5.08. The first-order chi connectivity index (χ1) is 13.6. The van der Waals surface area contributed by atoms with Crippen molar-refractivity contribution < 1.29 is 9.18 Å². The second-order valence-corrected chi connectivity index (χ2v) is 9.20. The first-order valence-corrected chi connectivity index (χ1v) is 11.0. The van der Waals surface area contributed by atoms with Crippen LogP contribution in [0.2, 0.25) is 0 Å². The molecular formula is C20H17FN4OS2. The number of thioether (sulfide) groups is 1. The molecule has 5 rings (SSSR count). The summed E-state index contributed by atoms with van der Waals surface area (Å²) in [4.78, 5) is 19.4. The zero-order chi connectivity index (χ0) is 19.3. The second-order valence-electron chi connectivity index (χ2n) is 7.17. The van der Waals surface area contributed by atoms with Crippen LogP contribution in [0, 0.1) is 11.7 Å². The van der Waals surface area contributed by atoms with Crippen molar-refractivity contribution in [3.63, 3.8) is 0 Å². The monoisotopic (exact) mass is 412 g/mol. The predicted molar refractivity (Wildman–Crippen MR) is 109 cm³/mol. The molecule has 0 fully saturated rings. The van der Waals surface area contributed by atoms with Gasteiger partial charge in [0.15, 0.2) is 16.6 Å². The highest BCUT2D eigenvalue weighted by Crippen LogP contribution is 2.39. The fourth-order valence-electron chi connectivity index (χ4n) is 3.67. The molecule has 0 spiro atoms. The normalized spacial score (nSPS) is 16.6. The summed E-state index contributed by atoms with van der Waals surface area (Å²) in [5.74, 6) is 0.496. The predicted octanol–water partition coefficient (Wildman–Crippen LogP) is 4.58. The van der Waals surface area contributed by atoms with Gasteiger partial charge < -0.3 is 0 Å². The molecule has 4 aromatic rings. The van der Waals surface area contributed by atoms with E-state index in [2.05, 4.69) is 22.1 Å². The van der Waals surface area contributed by atoms with Crippen LogP contribution in [-0.2, 0) is 12.8 Å². The summed E-state index contributed by atoms with van der Waals surface area (Å²) in [7, 11) is 0. The van der Waals surface area contributed by atoms with Gasteiger partial charge in [0.2, 0.25) is 0 Å². The Hall–Kier alpha value is -2.32. The van der Waals surface area contributed by atoms with Gasteiger partial charge in [0.25, 0.3) is 0 Å². The average molecular weight is 413 g/mol. The zero-order valence-corrected chi connectivity index (χ0v) is 16.8. The van der Waals surface area contributed by atoms with Gasteiger partial charge >= 0.3 is 0 Å². The van der Waals surface area contributed by atoms with E-state index in [0.29, 0.717) is 16.6 Å². The van der Waals surface area contributed by atoms with E-state index in [4.69, 9.17) is 0 Å². The van der Waals surface area contributed by atoms with Crippen LogP contribution in [0.3, 0.4) is 0 Å². The summed E-state index contributed by atoms with van der Waals surface area (Å²) in [6, 6.07) is 5.60. The van der Waals surface area contributed by atoms with E-state index in [1.807, 2.05) is 4.40 Å². The van der Waals surface area contributed by atoms with Crippen LogP contribution in [0.4, 0.5) is 4.39 Å². The van der Waals surface area contributed by atoms with Gasteiger partial charge in [0, 0.05) is 10.4 Å². The van der Waals surface area contributed by atoms with Crippen LogP contribution < -0.4 is 0 Å². The maximum atomic E-state index is 13.0. The number of hydrogen-bond acceptors (Lipinski definition) is 6. The van der Waals surface area contributed by atoms with Crippen molar-refractivity contribution in [2.24, 2.45) is 5.92 Å². The summed E-state index contributed by atoms with van der Waals surface area (Å²) in [5, 5.41) is 10.5. The van der Waals surface area contributed by atoms with Gasteiger partial charge in [-0.15, -0.1) is 21.5 Å². The van der Waals surface area contributed by atoms with Crippen molar-refractivity contribution in [2.45, 2.75) is 31.3 Å². The van der Waals surface area contributed by atoms with Gasteiger partial charge in [0.05, 0.1) is 11.1 Å². The van der Waals surface area contributed by atoms with Crippen molar-refractivity contribution >= 4 is 44.7 Å². The lowest BCUT2D eigenvalue weighted by molar-refractivity contribution is 0.102. The molecule has 1 aliphatic carbocycles. The van der Waals surface area contributed by atoms with E-state index in [9.17, 15) is 9.18 Å². The number of thiophene rings is 1. The van der Waals surface area contributed by atoms with Gasteiger partial charge in [-0.05, 0) is 55.0 Å². The molecule has 3 aromatic heterocycles. The van der Waals surface area contributed by atoms with E-state index in [0.717, 1.165) is 28.7 Å².